The Morgan fingerprint density at radius 1 is 1.12 bits per heavy atom. The van der Waals surface area contributed by atoms with Crippen LogP contribution in [0.15, 0.2) is 61.4 Å². The van der Waals surface area contributed by atoms with Gasteiger partial charge in [0.25, 0.3) is 0 Å². The molecule has 4 rings (SSSR count). The lowest BCUT2D eigenvalue weighted by Crippen LogP contribution is -2.20. The van der Waals surface area contributed by atoms with Gasteiger partial charge in [0, 0.05) is 36.1 Å². The normalized spacial score (nSPS) is 17.0. The molecule has 1 unspecified atom stereocenters. The molecule has 1 N–H and O–H groups in total. The first-order chi connectivity index (χ1) is 12.3. The second-order valence-corrected chi connectivity index (χ2v) is 6.71. The molecule has 0 saturated carbocycles. The SMILES string of the molecule is C=CC1CCN(c2n[nH]c(-c3ccc(Cl)cc3)c2-c2ccncc2)C1. The summed E-state index contributed by atoms with van der Waals surface area (Å²) >= 11 is 6.05. The smallest absolute Gasteiger partial charge is 0.158 e. The molecule has 1 aliphatic heterocycles. The number of aromatic amines is 1. The van der Waals surface area contributed by atoms with E-state index in [9.17, 15) is 0 Å². The summed E-state index contributed by atoms with van der Waals surface area (Å²) in [6.45, 7) is 5.87. The number of hydrogen-bond donors (Lipinski definition) is 1. The van der Waals surface area contributed by atoms with E-state index in [0.717, 1.165) is 52.7 Å². The molecule has 0 amide bonds. The van der Waals surface area contributed by atoms with Crippen LogP contribution in [0.2, 0.25) is 5.02 Å². The lowest BCUT2D eigenvalue weighted by molar-refractivity contribution is 0.740. The van der Waals surface area contributed by atoms with Crippen molar-refractivity contribution < 1.29 is 0 Å². The molecule has 1 aromatic carbocycles. The first kappa shape index (κ1) is 15.9. The van der Waals surface area contributed by atoms with Crippen LogP contribution in [0.1, 0.15) is 6.42 Å². The number of nitrogens with zero attached hydrogens (tertiary/aromatic N) is 3. The Labute approximate surface area is 152 Å². The maximum atomic E-state index is 6.05. The Balaban J connectivity index is 1.83. The maximum Gasteiger partial charge on any atom is 0.158 e. The van der Waals surface area contributed by atoms with E-state index >= 15 is 0 Å². The highest BCUT2D eigenvalue weighted by atomic mass is 35.5. The molecule has 1 fully saturated rings. The molecule has 0 bridgehead atoms. The molecule has 5 heteroatoms. The first-order valence-electron chi connectivity index (χ1n) is 8.38. The van der Waals surface area contributed by atoms with Gasteiger partial charge in [-0.2, -0.15) is 5.10 Å². The van der Waals surface area contributed by atoms with E-state index < -0.39 is 0 Å². The van der Waals surface area contributed by atoms with E-state index in [4.69, 9.17) is 11.6 Å². The van der Waals surface area contributed by atoms with Crippen molar-refractivity contribution in [3.63, 3.8) is 0 Å². The summed E-state index contributed by atoms with van der Waals surface area (Å²) < 4.78 is 0. The zero-order valence-electron chi connectivity index (χ0n) is 13.8. The van der Waals surface area contributed by atoms with Gasteiger partial charge in [-0.15, -0.1) is 6.58 Å². The minimum Gasteiger partial charge on any atom is -0.354 e. The predicted molar refractivity (Wildman–Crippen MR) is 103 cm³/mol. The first-order valence-corrected chi connectivity index (χ1v) is 8.76. The number of pyridine rings is 1. The van der Waals surface area contributed by atoms with Gasteiger partial charge in [-0.3, -0.25) is 10.1 Å². The van der Waals surface area contributed by atoms with Gasteiger partial charge in [0.15, 0.2) is 5.82 Å². The van der Waals surface area contributed by atoms with E-state index in [1.54, 1.807) is 0 Å². The number of aromatic nitrogens is 3. The monoisotopic (exact) mass is 350 g/mol. The Hall–Kier alpha value is -2.59. The van der Waals surface area contributed by atoms with Crippen LogP contribution in [-0.2, 0) is 0 Å². The molecule has 0 spiro atoms. The van der Waals surface area contributed by atoms with Crippen molar-refractivity contribution in [3.8, 4) is 22.4 Å². The molecule has 2 aromatic heterocycles. The van der Waals surface area contributed by atoms with Gasteiger partial charge in [0.1, 0.15) is 0 Å². The summed E-state index contributed by atoms with van der Waals surface area (Å²) in [6.07, 6.45) is 6.78. The Bertz CT molecular complexity index is 870. The van der Waals surface area contributed by atoms with Crippen molar-refractivity contribution in [1.29, 1.82) is 0 Å². The van der Waals surface area contributed by atoms with Crippen molar-refractivity contribution in [2.45, 2.75) is 6.42 Å². The highest BCUT2D eigenvalue weighted by Crippen LogP contribution is 2.39. The Morgan fingerprint density at radius 3 is 2.56 bits per heavy atom. The molecular formula is C20H19ClN4. The van der Waals surface area contributed by atoms with Crippen molar-refractivity contribution in [3.05, 3.63) is 66.5 Å². The molecule has 0 radical (unpaired) electrons. The van der Waals surface area contributed by atoms with Gasteiger partial charge in [-0.1, -0.05) is 29.8 Å². The highest BCUT2D eigenvalue weighted by Gasteiger charge is 2.26. The van der Waals surface area contributed by atoms with Crippen LogP contribution in [-0.4, -0.2) is 28.3 Å². The zero-order chi connectivity index (χ0) is 17.2. The molecule has 3 aromatic rings. The lowest BCUT2D eigenvalue weighted by atomic mass is 10.0. The molecular weight excluding hydrogens is 332 g/mol. The third kappa shape index (κ3) is 3.05. The van der Waals surface area contributed by atoms with Gasteiger partial charge in [-0.05, 0) is 42.2 Å². The fourth-order valence-electron chi connectivity index (χ4n) is 3.35. The summed E-state index contributed by atoms with van der Waals surface area (Å²) in [7, 11) is 0. The number of halogens is 1. The van der Waals surface area contributed by atoms with Crippen molar-refractivity contribution in [2.24, 2.45) is 5.92 Å². The summed E-state index contributed by atoms with van der Waals surface area (Å²) in [5.74, 6) is 1.50. The highest BCUT2D eigenvalue weighted by molar-refractivity contribution is 6.30. The van der Waals surface area contributed by atoms with Crippen LogP contribution in [0.5, 0.6) is 0 Å². The molecule has 126 valence electrons. The summed E-state index contributed by atoms with van der Waals surface area (Å²) in [5, 5.41) is 8.62. The summed E-state index contributed by atoms with van der Waals surface area (Å²) in [6, 6.07) is 11.9. The second kappa shape index (κ2) is 6.73. The van der Waals surface area contributed by atoms with Crippen LogP contribution >= 0.6 is 11.6 Å². The average molecular weight is 351 g/mol. The van der Waals surface area contributed by atoms with Gasteiger partial charge in [-0.25, -0.2) is 0 Å². The number of anilines is 1. The van der Waals surface area contributed by atoms with Crippen LogP contribution < -0.4 is 4.90 Å². The Kier molecular flexibility index (Phi) is 4.28. The quantitative estimate of drug-likeness (QED) is 0.687. The molecule has 1 atom stereocenters. The maximum absolute atomic E-state index is 6.05. The minimum atomic E-state index is 0.515. The minimum absolute atomic E-state index is 0.515. The fourth-order valence-corrected chi connectivity index (χ4v) is 3.48. The fraction of sp³-hybridized carbons (Fsp3) is 0.200. The van der Waals surface area contributed by atoms with Gasteiger partial charge in [0.2, 0.25) is 0 Å². The molecule has 25 heavy (non-hydrogen) atoms. The van der Waals surface area contributed by atoms with Crippen molar-refractivity contribution in [2.75, 3.05) is 18.0 Å². The number of nitrogens with one attached hydrogen (secondary N) is 1. The number of rotatable bonds is 4. The third-order valence-electron chi connectivity index (χ3n) is 4.71. The van der Waals surface area contributed by atoms with Gasteiger partial charge >= 0.3 is 0 Å². The van der Waals surface area contributed by atoms with Gasteiger partial charge in [0.05, 0.1) is 11.3 Å². The average Bonchev–Trinajstić information content (AvgIpc) is 3.30. The second-order valence-electron chi connectivity index (χ2n) is 6.27. The van der Waals surface area contributed by atoms with Crippen molar-refractivity contribution >= 4 is 17.4 Å². The molecule has 1 saturated heterocycles. The number of H-pyrrole nitrogens is 1. The molecule has 1 aliphatic rings. The summed E-state index contributed by atoms with van der Waals surface area (Å²) in [4.78, 5) is 6.48. The van der Waals surface area contributed by atoms with E-state index in [0.29, 0.717) is 5.92 Å². The van der Waals surface area contributed by atoms with E-state index in [1.807, 2.05) is 54.9 Å². The molecule has 3 heterocycles. The largest absolute Gasteiger partial charge is 0.354 e. The molecule has 4 nitrogen and oxygen atoms in total. The van der Waals surface area contributed by atoms with Crippen LogP contribution in [0.3, 0.4) is 0 Å². The number of benzene rings is 1. The standard InChI is InChI=1S/C20H19ClN4/c1-2-14-9-12-25(13-14)20-18(15-7-10-22-11-8-15)19(23-24-20)16-3-5-17(21)6-4-16/h2-8,10-11,14H,1,9,12-13H2,(H,23,24). The third-order valence-corrected chi connectivity index (χ3v) is 4.96. The van der Waals surface area contributed by atoms with Crippen LogP contribution in [0.25, 0.3) is 22.4 Å². The Morgan fingerprint density at radius 2 is 1.88 bits per heavy atom. The zero-order valence-corrected chi connectivity index (χ0v) is 14.6. The van der Waals surface area contributed by atoms with E-state index in [1.165, 1.54) is 0 Å². The summed E-state index contributed by atoms with van der Waals surface area (Å²) in [5.41, 5.74) is 4.27. The lowest BCUT2D eigenvalue weighted by Gasteiger charge is -2.17. The number of hydrogen-bond acceptors (Lipinski definition) is 3. The van der Waals surface area contributed by atoms with E-state index in [-0.39, 0.29) is 0 Å². The van der Waals surface area contributed by atoms with Crippen molar-refractivity contribution in [1.82, 2.24) is 15.2 Å². The molecule has 0 aliphatic carbocycles. The predicted octanol–water partition coefficient (Wildman–Crippen LogP) is 4.80. The topological polar surface area (TPSA) is 44.8 Å². The van der Waals surface area contributed by atoms with Gasteiger partial charge < -0.3 is 4.90 Å². The van der Waals surface area contributed by atoms with Crippen LogP contribution in [0, 0.1) is 5.92 Å². The van der Waals surface area contributed by atoms with Crippen LogP contribution in [0.4, 0.5) is 5.82 Å². The van der Waals surface area contributed by atoms with E-state index in [2.05, 4.69) is 26.7 Å².